The molecule has 1 N–H and O–H groups in total. The maximum Gasteiger partial charge on any atom is 0.277 e. The Balaban J connectivity index is 1.67. The molecule has 0 bridgehead atoms. The highest BCUT2D eigenvalue weighted by Gasteiger charge is 2.20. The predicted molar refractivity (Wildman–Crippen MR) is 96.9 cm³/mol. The van der Waals surface area contributed by atoms with E-state index in [-0.39, 0.29) is 5.91 Å². The molecule has 8 heteroatoms. The van der Waals surface area contributed by atoms with Crippen molar-refractivity contribution < 1.29 is 13.6 Å². The van der Waals surface area contributed by atoms with Crippen LogP contribution < -0.4 is 5.32 Å². The number of nitrogens with zero attached hydrogens (tertiary/aromatic N) is 2. The summed E-state index contributed by atoms with van der Waals surface area (Å²) in [6.07, 6.45) is 1.56. The Bertz CT molecular complexity index is 906. The van der Waals surface area contributed by atoms with E-state index < -0.39 is 5.25 Å². The van der Waals surface area contributed by atoms with Gasteiger partial charge in [0.05, 0.1) is 17.1 Å². The Kier molecular flexibility index (Phi) is 5.15. The van der Waals surface area contributed by atoms with Crippen molar-refractivity contribution in [2.75, 3.05) is 5.32 Å². The summed E-state index contributed by atoms with van der Waals surface area (Å²) < 4.78 is 10.8. The number of carbonyl (C=O) groups is 1. The van der Waals surface area contributed by atoms with Crippen LogP contribution in [0.15, 0.2) is 44.6 Å². The lowest BCUT2D eigenvalue weighted by Crippen LogP contribution is -2.22. The molecule has 3 rings (SSSR count). The molecule has 0 radical (unpaired) electrons. The first kappa shape index (κ1) is 17.6. The van der Waals surface area contributed by atoms with Gasteiger partial charge in [0.1, 0.15) is 5.76 Å². The molecule has 1 atom stereocenters. The molecule has 0 saturated carbocycles. The van der Waals surface area contributed by atoms with Crippen LogP contribution in [-0.2, 0) is 4.79 Å². The second-order valence-electron chi connectivity index (χ2n) is 5.43. The van der Waals surface area contributed by atoms with Gasteiger partial charge in [-0.15, -0.1) is 10.2 Å². The quantitative estimate of drug-likeness (QED) is 0.648. The SMILES string of the molecule is Cc1occc1-c1nnc(SC(C)C(=O)Nc2cccc(Cl)c2C)o1. The van der Waals surface area contributed by atoms with Crippen LogP contribution in [0.4, 0.5) is 5.69 Å². The van der Waals surface area contributed by atoms with Crippen LogP contribution >= 0.6 is 23.4 Å². The van der Waals surface area contributed by atoms with Crippen molar-refractivity contribution >= 4 is 35.0 Å². The number of hydrogen-bond acceptors (Lipinski definition) is 6. The minimum atomic E-state index is -0.419. The van der Waals surface area contributed by atoms with Gasteiger partial charge in [-0.2, -0.15) is 0 Å². The summed E-state index contributed by atoms with van der Waals surface area (Å²) in [5, 5.41) is 11.3. The molecule has 0 aliphatic carbocycles. The number of aromatic nitrogens is 2. The third kappa shape index (κ3) is 3.88. The Hall–Kier alpha value is -2.25. The second-order valence-corrected chi connectivity index (χ2v) is 7.12. The molecule has 0 fully saturated rings. The fourth-order valence-electron chi connectivity index (χ4n) is 2.16. The lowest BCUT2D eigenvalue weighted by molar-refractivity contribution is -0.115. The van der Waals surface area contributed by atoms with Crippen molar-refractivity contribution in [3.63, 3.8) is 0 Å². The highest BCUT2D eigenvalue weighted by atomic mass is 35.5. The number of carbonyl (C=O) groups excluding carboxylic acids is 1. The van der Waals surface area contributed by atoms with Crippen LogP contribution in [0.3, 0.4) is 0 Å². The van der Waals surface area contributed by atoms with Crippen LogP contribution in [0, 0.1) is 13.8 Å². The summed E-state index contributed by atoms with van der Waals surface area (Å²) in [4.78, 5) is 12.4. The molecule has 0 spiro atoms. The topological polar surface area (TPSA) is 81.2 Å². The summed E-state index contributed by atoms with van der Waals surface area (Å²) in [6, 6.07) is 7.14. The summed E-state index contributed by atoms with van der Waals surface area (Å²) in [6.45, 7) is 5.44. The first-order valence-electron chi connectivity index (χ1n) is 7.56. The van der Waals surface area contributed by atoms with Crippen LogP contribution in [0.2, 0.25) is 5.02 Å². The summed E-state index contributed by atoms with van der Waals surface area (Å²) in [7, 11) is 0. The van der Waals surface area contributed by atoms with Crippen molar-refractivity contribution in [3.8, 4) is 11.5 Å². The molecule has 25 heavy (non-hydrogen) atoms. The van der Waals surface area contributed by atoms with Gasteiger partial charge in [0.2, 0.25) is 5.91 Å². The van der Waals surface area contributed by atoms with Gasteiger partial charge in [-0.3, -0.25) is 4.79 Å². The van der Waals surface area contributed by atoms with E-state index in [9.17, 15) is 4.79 Å². The maximum absolute atomic E-state index is 12.4. The predicted octanol–water partition coefficient (Wildman–Crippen LogP) is 4.72. The Morgan fingerprint density at radius 3 is 2.80 bits per heavy atom. The third-order valence-electron chi connectivity index (χ3n) is 3.67. The summed E-state index contributed by atoms with van der Waals surface area (Å²) in [5.41, 5.74) is 2.25. The molecule has 1 aromatic carbocycles. The van der Waals surface area contributed by atoms with E-state index in [0.29, 0.717) is 27.6 Å². The van der Waals surface area contributed by atoms with Crippen LogP contribution in [-0.4, -0.2) is 21.4 Å². The highest BCUT2D eigenvalue weighted by Crippen LogP contribution is 2.29. The molecule has 2 aromatic heterocycles. The van der Waals surface area contributed by atoms with Crippen LogP contribution in [0.1, 0.15) is 18.2 Å². The van der Waals surface area contributed by atoms with Crippen molar-refractivity contribution in [2.45, 2.75) is 31.2 Å². The molecule has 130 valence electrons. The van der Waals surface area contributed by atoms with Gasteiger partial charge in [0.15, 0.2) is 0 Å². The smallest absolute Gasteiger partial charge is 0.277 e. The number of hydrogen-bond donors (Lipinski definition) is 1. The minimum absolute atomic E-state index is 0.172. The number of anilines is 1. The Morgan fingerprint density at radius 1 is 1.28 bits per heavy atom. The van der Waals surface area contributed by atoms with E-state index >= 15 is 0 Å². The number of amides is 1. The highest BCUT2D eigenvalue weighted by molar-refractivity contribution is 8.00. The third-order valence-corrected chi connectivity index (χ3v) is 5.01. The molecule has 2 heterocycles. The van der Waals surface area contributed by atoms with E-state index in [0.717, 1.165) is 11.1 Å². The van der Waals surface area contributed by atoms with E-state index in [4.69, 9.17) is 20.4 Å². The summed E-state index contributed by atoms with van der Waals surface area (Å²) in [5.74, 6) is 0.893. The molecular weight excluding hydrogens is 362 g/mol. The van der Waals surface area contributed by atoms with Crippen LogP contribution in [0.5, 0.6) is 0 Å². The number of benzene rings is 1. The monoisotopic (exact) mass is 377 g/mol. The zero-order valence-electron chi connectivity index (χ0n) is 13.9. The van der Waals surface area contributed by atoms with Crippen molar-refractivity contribution in [1.29, 1.82) is 0 Å². The van der Waals surface area contributed by atoms with Gasteiger partial charge in [-0.25, -0.2) is 0 Å². The van der Waals surface area contributed by atoms with E-state index in [1.807, 2.05) is 19.9 Å². The largest absolute Gasteiger partial charge is 0.469 e. The van der Waals surface area contributed by atoms with Crippen molar-refractivity contribution in [2.24, 2.45) is 0 Å². The Labute approximate surface area is 154 Å². The summed E-state index contributed by atoms with van der Waals surface area (Å²) >= 11 is 7.26. The lowest BCUT2D eigenvalue weighted by Gasteiger charge is -2.12. The van der Waals surface area contributed by atoms with Gasteiger partial charge in [-0.05, 0) is 44.5 Å². The van der Waals surface area contributed by atoms with Gasteiger partial charge in [0, 0.05) is 10.7 Å². The van der Waals surface area contributed by atoms with E-state index in [2.05, 4.69) is 15.5 Å². The second kappa shape index (κ2) is 7.33. The number of furan rings is 1. The molecular formula is C17H16ClN3O3S. The molecule has 6 nitrogen and oxygen atoms in total. The maximum atomic E-state index is 12.4. The zero-order valence-corrected chi connectivity index (χ0v) is 15.4. The molecule has 0 aliphatic rings. The average molecular weight is 378 g/mol. The minimum Gasteiger partial charge on any atom is -0.469 e. The van der Waals surface area contributed by atoms with Crippen LogP contribution in [0.25, 0.3) is 11.5 Å². The van der Waals surface area contributed by atoms with E-state index in [1.165, 1.54) is 11.8 Å². The normalized spacial score (nSPS) is 12.2. The van der Waals surface area contributed by atoms with Gasteiger partial charge < -0.3 is 14.2 Å². The molecule has 0 aliphatic heterocycles. The Morgan fingerprint density at radius 2 is 2.08 bits per heavy atom. The molecule has 0 saturated heterocycles. The number of aryl methyl sites for hydroxylation is 1. The standard InChI is InChI=1S/C17H16ClN3O3S/c1-9-13(18)5-4-6-14(9)19-15(22)11(3)25-17-21-20-16(24-17)12-7-8-23-10(12)2/h4-8,11H,1-3H3,(H,19,22). The van der Waals surface area contributed by atoms with Gasteiger partial charge in [-0.1, -0.05) is 29.4 Å². The first-order chi connectivity index (χ1) is 12.0. The average Bonchev–Trinajstić information content (AvgIpc) is 3.20. The number of rotatable bonds is 5. The lowest BCUT2D eigenvalue weighted by atomic mass is 10.2. The molecule has 1 amide bonds. The van der Waals surface area contributed by atoms with Crippen molar-refractivity contribution in [3.05, 3.63) is 46.9 Å². The molecule has 3 aromatic rings. The van der Waals surface area contributed by atoms with Gasteiger partial charge >= 0.3 is 0 Å². The number of thioether (sulfide) groups is 1. The fourth-order valence-corrected chi connectivity index (χ4v) is 3.01. The molecule has 1 unspecified atom stereocenters. The number of halogens is 1. The van der Waals surface area contributed by atoms with E-state index in [1.54, 1.807) is 31.4 Å². The van der Waals surface area contributed by atoms with Gasteiger partial charge in [0.25, 0.3) is 11.1 Å². The zero-order chi connectivity index (χ0) is 18.0. The first-order valence-corrected chi connectivity index (χ1v) is 8.82. The van der Waals surface area contributed by atoms with Crippen molar-refractivity contribution in [1.82, 2.24) is 10.2 Å². The fraction of sp³-hybridized carbons (Fsp3) is 0.235. The number of nitrogens with one attached hydrogen (secondary N) is 1.